The van der Waals surface area contributed by atoms with Crippen LogP contribution in [0.15, 0.2) is 18.2 Å². The largest absolute Gasteiger partial charge is 0.465 e. The lowest BCUT2D eigenvalue weighted by Gasteiger charge is -2.27. The summed E-state index contributed by atoms with van der Waals surface area (Å²) in [5.41, 5.74) is 0.744. The quantitative estimate of drug-likeness (QED) is 0.613. The van der Waals surface area contributed by atoms with Crippen molar-refractivity contribution in [3.05, 3.63) is 28.8 Å². The standard InChI is InChI=1S/C13H12ClNO4/c1-19-13(18)8-2-3-10(14)11(6-8)15-5-4-9(16)7-12(15)17/h2-3,6H,4-5,7H2,1H3. The first-order chi connectivity index (χ1) is 9.02. The van der Waals surface area contributed by atoms with E-state index in [0.717, 1.165) is 0 Å². The summed E-state index contributed by atoms with van der Waals surface area (Å²) in [4.78, 5) is 35.9. The van der Waals surface area contributed by atoms with Crippen LogP contribution in [0.1, 0.15) is 23.2 Å². The maximum atomic E-state index is 11.8. The minimum absolute atomic E-state index is 0.0819. The smallest absolute Gasteiger partial charge is 0.337 e. The number of esters is 1. The minimum Gasteiger partial charge on any atom is -0.465 e. The molecule has 0 aliphatic carbocycles. The van der Waals surface area contributed by atoms with Crippen molar-refractivity contribution in [3.8, 4) is 0 Å². The third-order valence-corrected chi connectivity index (χ3v) is 3.24. The van der Waals surface area contributed by atoms with Crippen LogP contribution in [-0.2, 0) is 14.3 Å². The van der Waals surface area contributed by atoms with Gasteiger partial charge in [0.05, 0.1) is 29.8 Å². The third kappa shape index (κ3) is 2.76. The van der Waals surface area contributed by atoms with Crippen molar-refractivity contribution in [1.29, 1.82) is 0 Å². The highest BCUT2D eigenvalue weighted by Crippen LogP contribution is 2.29. The second kappa shape index (κ2) is 5.40. The Balaban J connectivity index is 2.35. The van der Waals surface area contributed by atoms with Crippen LogP contribution in [-0.4, -0.2) is 31.3 Å². The van der Waals surface area contributed by atoms with E-state index in [0.29, 0.717) is 22.7 Å². The molecule has 0 unspecified atom stereocenters. The molecule has 100 valence electrons. The third-order valence-electron chi connectivity index (χ3n) is 2.92. The monoisotopic (exact) mass is 281 g/mol. The first kappa shape index (κ1) is 13.5. The predicted molar refractivity (Wildman–Crippen MR) is 69.4 cm³/mol. The van der Waals surface area contributed by atoms with Gasteiger partial charge in [-0.1, -0.05) is 11.6 Å². The van der Waals surface area contributed by atoms with Crippen LogP contribution < -0.4 is 4.90 Å². The molecule has 1 aliphatic heterocycles. The number of amides is 1. The van der Waals surface area contributed by atoms with E-state index in [1.165, 1.54) is 30.2 Å². The van der Waals surface area contributed by atoms with Gasteiger partial charge in [-0.3, -0.25) is 9.59 Å². The van der Waals surface area contributed by atoms with Crippen LogP contribution in [0.25, 0.3) is 0 Å². The number of ether oxygens (including phenoxy) is 1. The number of hydrogen-bond donors (Lipinski definition) is 0. The number of anilines is 1. The van der Waals surface area contributed by atoms with E-state index in [1.54, 1.807) is 0 Å². The molecular formula is C13H12ClNO4. The number of rotatable bonds is 2. The molecule has 0 atom stereocenters. The lowest BCUT2D eigenvalue weighted by atomic mass is 10.1. The second-order valence-electron chi connectivity index (χ2n) is 4.17. The van der Waals surface area contributed by atoms with Crippen LogP contribution in [0.2, 0.25) is 5.02 Å². The van der Waals surface area contributed by atoms with E-state index >= 15 is 0 Å². The summed E-state index contributed by atoms with van der Waals surface area (Å²) in [6, 6.07) is 4.56. The van der Waals surface area contributed by atoms with Crippen molar-refractivity contribution in [2.45, 2.75) is 12.8 Å². The number of Topliss-reactive ketones (excluding diaryl/α,β-unsaturated/α-hetero) is 1. The molecule has 1 saturated heterocycles. The maximum Gasteiger partial charge on any atom is 0.337 e. The molecule has 1 fully saturated rings. The number of ketones is 1. The van der Waals surface area contributed by atoms with Gasteiger partial charge in [-0.15, -0.1) is 0 Å². The molecule has 6 heteroatoms. The van der Waals surface area contributed by atoms with Gasteiger partial charge in [-0.05, 0) is 18.2 Å². The number of nitrogens with zero attached hydrogens (tertiary/aromatic N) is 1. The van der Waals surface area contributed by atoms with Gasteiger partial charge in [0.1, 0.15) is 5.78 Å². The Morgan fingerprint density at radius 2 is 2.11 bits per heavy atom. The van der Waals surface area contributed by atoms with Gasteiger partial charge in [0.25, 0.3) is 0 Å². The number of piperidine rings is 1. The SMILES string of the molecule is COC(=O)c1ccc(Cl)c(N2CCC(=O)CC2=O)c1. The first-order valence-corrected chi connectivity index (χ1v) is 6.10. The lowest BCUT2D eigenvalue weighted by Crippen LogP contribution is -2.39. The average molecular weight is 282 g/mol. The number of halogens is 1. The van der Waals surface area contributed by atoms with Gasteiger partial charge in [0.15, 0.2) is 0 Å². The van der Waals surface area contributed by atoms with E-state index in [2.05, 4.69) is 4.74 Å². The molecule has 0 radical (unpaired) electrons. The molecule has 0 bridgehead atoms. The second-order valence-corrected chi connectivity index (χ2v) is 4.58. The highest BCUT2D eigenvalue weighted by atomic mass is 35.5. The van der Waals surface area contributed by atoms with Crippen LogP contribution in [0.4, 0.5) is 5.69 Å². The molecule has 0 saturated carbocycles. The highest BCUT2D eigenvalue weighted by molar-refractivity contribution is 6.34. The minimum atomic E-state index is -0.501. The molecule has 1 heterocycles. The zero-order valence-electron chi connectivity index (χ0n) is 10.3. The maximum absolute atomic E-state index is 11.8. The van der Waals surface area contributed by atoms with Gasteiger partial charge in [-0.2, -0.15) is 0 Å². The summed E-state index contributed by atoms with van der Waals surface area (Å²) in [6.07, 6.45) is 0.170. The number of carbonyl (C=O) groups excluding carboxylic acids is 3. The summed E-state index contributed by atoms with van der Waals surface area (Å²) in [6.45, 7) is 0.280. The van der Waals surface area contributed by atoms with Crippen molar-refractivity contribution in [2.24, 2.45) is 0 Å². The normalized spacial score (nSPS) is 15.6. The van der Waals surface area contributed by atoms with Crippen molar-refractivity contribution >= 4 is 34.9 Å². The number of hydrogen-bond acceptors (Lipinski definition) is 4. The fraction of sp³-hybridized carbons (Fsp3) is 0.308. The molecule has 0 spiro atoms. The van der Waals surface area contributed by atoms with Crippen LogP contribution in [0, 0.1) is 0 Å². The van der Waals surface area contributed by atoms with Crippen molar-refractivity contribution in [3.63, 3.8) is 0 Å². The molecule has 0 aromatic heterocycles. The predicted octanol–water partition coefficient (Wildman–Crippen LogP) is 1.82. The molecule has 1 amide bonds. The fourth-order valence-electron chi connectivity index (χ4n) is 1.93. The lowest BCUT2D eigenvalue weighted by molar-refractivity contribution is -0.128. The summed E-state index contributed by atoms with van der Waals surface area (Å²) in [5.74, 6) is -0.889. The van der Waals surface area contributed by atoms with Crippen molar-refractivity contribution in [2.75, 3.05) is 18.6 Å². The molecule has 1 aromatic carbocycles. The van der Waals surface area contributed by atoms with Gasteiger partial charge in [0.2, 0.25) is 5.91 Å². The molecule has 1 aliphatic rings. The topological polar surface area (TPSA) is 63.7 Å². The Labute approximate surface area is 115 Å². The number of methoxy groups -OCH3 is 1. The fourth-order valence-corrected chi connectivity index (χ4v) is 2.15. The van der Waals surface area contributed by atoms with Crippen LogP contribution in [0.3, 0.4) is 0 Å². The summed E-state index contributed by atoms with van der Waals surface area (Å²) < 4.78 is 4.62. The summed E-state index contributed by atoms with van der Waals surface area (Å²) in [7, 11) is 1.28. The number of carbonyl (C=O) groups is 3. The Morgan fingerprint density at radius 1 is 1.37 bits per heavy atom. The average Bonchev–Trinajstić information content (AvgIpc) is 2.39. The van der Waals surface area contributed by atoms with Gasteiger partial charge in [-0.25, -0.2) is 4.79 Å². The summed E-state index contributed by atoms with van der Waals surface area (Å²) in [5, 5.41) is 0.357. The molecule has 5 nitrogen and oxygen atoms in total. The highest BCUT2D eigenvalue weighted by Gasteiger charge is 2.26. The molecule has 2 rings (SSSR count). The van der Waals surface area contributed by atoms with E-state index in [1.807, 2.05) is 0 Å². The zero-order chi connectivity index (χ0) is 14.0. The Morgan fingerprint density at radius 3 is 2.74 bits per heavy atom. The van der Waals surface area contributed by atoms with Crippen LogP contribution >= 0.6 is 11.6 Å². The molecule has 1 aromatic rings. The van der Waals surface area contributed by atoms with E-state index in [4.69, 9.17) is 11.6 Å². The van der Waals surface area contributed by atoms with E-state index < -0.39 is 5.97 Å². The Hall–Kier alpha value is -1.88. The molecular weight excluding hydrogens is 270 g/mol. The first-order valence-electron chi connectivity index (χ1n) is 5.73. The number of benzene rings is 1. The van der Waals surface area contributed by atoms with Gasteiger partial charge in [0, 0.05) is 13.0 Å². The Bertz CT molecular complexity index is 556. The molecule has 0 N–H and O–H groups in total. The van der Waals surface area contributed by atoms with E-state index in [-0.39, 0.29) is 24.7 Å². The van der Waals surface area contributed by atoms with Crippen molar-refractivity contribution in [1.82, 2.24) is 0 Å². The van der Waals surface area contributed by atoms with Gasteiger partial charge >= 0.3 is 5.97 Å². The van der Waals surface area contributed by atoms with Crippen molar-refractivity contribution < 1.29 is 19.1 Å². The summed E-state index contributed by atoms with van der Waals surface area (Å²) >= 11 is 6.05. The van der Waals surface area contributed by atoms with Crippen LogP contribution in [0.5, 0.6) is 0 Å². The van der Waals surface area contributed by atoms with Gasteiger partial charge < -0.3 is 9.64 Å². The van der Waals surface area contributed by atoms with E-state index in [9.17, 15) is 14.4 Å². The molecule has 19 heavy (non-hydrogen) atoms. The Kier molecular flexibility index (Phi) is 3.85. The zero-order valence-corrected chi connectivity index (χ0v) is 11.1.